The van der Waals surface area contributed by atoms with Crippen molar-refractivity contribution in [2.45, 2.75) is 62.4 Å². The molecule has 1 aliphatic carbocycles. The van der Waals surface area contributed by atoms with Gasteiger partial charge in [0, 0.05) is 21.7 Å². The molecule has 1 aliphatic rings. The summed E-state index contributed by atoms with van der Waals surface area (Å²) in [6.07, 6.45) is 4.50. The smallest absolute Gasteiger partial charge is 0.240 e. The summed E-state index contributed by atoms with van der Waals surface area (Å²) in [5, 5.41) is 9.84. The maximum Gasteiger partial charge on any atom is 0.240 e. The van der Waals surface area contributed by atoms with Crippen LogP contribution in [0, 0.1) is 0 Å². The van der Waals surface area contributed by atoms with Crippen LogP contribution < -0.4 is 9.46 Å². The van der Waals surface area contributed by atoms with Gasteiger partial charge in [-0.25, -0.2) is 13.1 Å². The molecule has 1 heterocycles. The van der Waals surface area contributed by atoms with Crippen LogP contribution in [0.4, 0.5) is 0 Å². The van der Waals surface area contributed by atoms with Crippen molar-refractivity contribution in [3.05, 3.63) is 46.2 Å². The Morgan fingerprint density at radius 1 is 1.18 bits per heavy atom. The molecule has 0 aliphatic heterocycles. The summed E-state index contributed by atoms with van der Waals surface area (Å²) in [7, 11) is -3.59. The minimum absolute atomic E-state index is 0.185. The number of aliphatic hydroxyl groups is 1. The molecule has 7 heteroatoms. The third-order valence-electron chi connectivity index (χ3n) is 5.33. The second-order valence-corrected chi connectivity index (χ2v) is 10.4. The van der Waals surface area contributed by atoms with Gasteiger partial charge < -0.3 is 9.84 Å². The first-order chi connectivity index (χ1) is 13.4. The van der Waals surface area contributed by atoms with Gasteiger partial charge in [-0.3, -0.25) is 0 Å². The van der Waals surface area contributed by atoms with Crippen LogP contribution in [0.5, 0.6) is 5.75 Å². The van der Waals surface area contributed by atoms with Gasteiger partial charge in [-0.15, -0.1) is 11.3 Å². The number of ether oxygens (including phenoxy) is 1. The minimum atomic E-state index is -3.59. The van der Waals surface area contributed by atoms with Gasteiger partial charge in [0.15, 0.2) is 0 Å². The van der Waals surface area contributed by atoms with Crippen molar-refractivity contribution in [2.24, 2.45) is 0 Å². The second kappa shape index (κ2) is 8.95. The van der Waals surface area contributed by atoms with E-state index in [0.29, 0.717) is 18.9 Å². The predicted molar refractivity (Wildman–Crippen MR) is 113 cm³/mol. The highest BCUT2D eigenvalue weighted by Crippen LogP contribution is 2.44. The molecule has 1 atom stereocenters. The van der Waals surface area contributed by atoms with Gasteiger partial charge >= 0.3 is 0 Å². The average molecular weight is 424 g/mol. The molecule has 1 unspecified atom stereocenters. The van der Waals surface area contributed by atoms with E-state index in [2.05, 4.69) is 4.72 Å². The van der Waals surface area contributed by atoms with E-state index in [1.165, 1.54) is 0 Å². The van der Waals surface area contributed by atoms with Crippen molar-refractivity contribution in [2.75, 3.05) is 13.2 Å². The third-order valence-corrected chi connectivity index (χ3v) is 8.25. The number of hydrogen-bond acceptors (Lipinski definition) is 5. The summed E-state index contributed by atoms with van der Waals surface area (Å²) < 4.78 is 34.0. The van der Waals surface area contributed by atoms with Crippen LogP contribution >= 0.6 is 11.3 Å². The zero-order chi connectivity index (χ0) is 20.2. The van der Waals surface area contributed by atoms with Crippen LogP contribution in [0.25, 0.3) is 0 Å². The Bertz CT molecular complexity index is 866. The molecule has 0 radical (unpaired) electrons. The Kier molecular flexibility index (Phi) is 6.81. The monoisotopic (exact) mass is 423 g/mol. The largest absolute Gasteiger partial charge is 0.494 e. The normalized spacial score (nSPS) is 17.5. The highest BCUT2D eigenvalue weighted by molar-refractivity contribution is 7.89. The molecule has 0 amide bonds. The molecule has 1 saturated carbocycles. The van der Waals surface area contributed by atoms with Crippen LogP contribution in [0.2, 0.25) is 0 Å². The van der Waals surface area contributed by atoms with Crippen LogP contribution in [-0.2, 0) is 15.4 Å². The van der Waals surface area contributed by atoms with Crippen molar-refractivity contribution >= 4 is 21.4 Å². The summed E-state index contributed by atoms with van der Waals surface area (Å²) in [5.74, 6) is 0.678. The maximum atomic E-state index is 12.8. The van der Waals surface area contributed by atoms with Crippen LogP contribution in [0.15, 0.2) is 41.3 Å². The molecule has 2 N–H and O–H groups in total. The minimum Gasteiger partial charge on any atom is -0.494 e. The molecular weight excluding hydrogens is 394 g/mol. The Hall–Kier alpha value is -1.41. The van der Waals surface area contributed by atoms with Gasteiger partial charge in [0.05, 0.1) is 17.6 Å². The zero-order valence-corrected chi connectivity index (χ0v) is 18.1. The molecule has 3 rings (SSSR count). The number of benzene rings is 1. The van der Waals surface area contributed by atoms with Crippen molar-refractivity contribution in [3.8, 4) is 5.75 Å². The summed E-state index contributed by atoms with van der Waals surface area (Å²) in [6.45, 7) is 4.78. The molecule has 154 valence electrons. The zero-order valence-electron chi connectivity index (χ0n) is 16.5. The lowest BCUT2D eigenvalue weighted by Crippen LogP contribution is -2.38. The fourth-order valence-electron chi connectivity index (χ4n) is 3.68. The molecule has 0 bridgehead atoms. The van der Waals surface area contributed by atoms with E-state index in [1.54, 1.807) is 42.5 Å². The highest BCUT2D eigenvalue weighted by atomic mass is 32.2. The first-order valence-electron chi connectivity index (χ1n) is 9.87. The SMILES string of the molecule is CCCOc1ccc(S(=O)(=O)NCC2(c3ccc(C(C)O)s3)CCCC2)cc1. The molecule has 1 fully saturated rings. The third kappa shape index (κ3) is 4.76. The van der Waals surface area contributed by atoms with E-state index in [1.807, 2.05) is 19.1 Å². The van der Waals surface area contributed by atoms with E-state index >= 15 is 0 Å². The Labute approximate surface area is 171 Å². The van der Waals surface area contributed by atoms with E-state index in [9.17, 15) is 13.5 Å². The Morgan fingerprint density at radius 3 is 2.43 bits per heavy atom. The van der Waals surface area contributed by atoms with E-state index in [4.69, 9.17) is 4.74 Å². The van der Waals surface area contributed by atoms with E-state index in [-0.39, 0.29) is 10.3 Å². The summed E-state index contributed by atoms with van der Waals surface area (Å²) in [5.41, 5.74) is -0.185. The molecule has 5 nitrogen and oxygen atoms in total. The van der Waals surface area contributed by atoms with Gasteiger partial charge in [0.2, 0.25) is 10.0 Å². The van der Waals surface area contributed by atoms with Gasteiger partial charge in [0.1, 0.15) is 5.75 Å². The summed E-state index contributed by atoms with van der Waals surface area (Å²) >= 11 is 1.59. The highest BCUT2D eigenvalue weighted by Gasteiger charge is 2.38. The molecule has 1 aromatic heterocycles. The first kappa shape index (κ1) is 21.3. The lowest BCUT2D eigenvalue weighted by atomic mass is 9.85. The molecule has 0 spiro atoms. The molecule has 28 heavy (non-hydrogen) atoms. The molecule has 2 aromatic rings. The Balaban J connectivity index is 1.73. The van der Waals surface area contributed by atoms with Crippen LogP contribution in [-0.4, -0.2) is 26.7 Å². The van der Waals surface area contributed by atoms with Gasteiger partial charge in [0.25, 0.3) is 0 Å². The van der Waals surface area contributed by atoms with E-state index < -0.39 is 16.1 Å². The van der Waals surface area contributed by atoms with Crippen LogP contribution in [0.3, 0.4) is 0 Å². The lowest BCUT2D eigenvalue weighted by Gasteiger charge is -2.28. The van der Waals surface area contributed by atoms with Gasteiger partial charge in [-0.2, -0.15) is 0 Å². The number of rotatable bonds is 9. The standard InChI is InChI=1S/C21H29NO4S2/c1-3-14-26-17-6-8-18(9-7-17)28(24,25)22-15-21(12-4-5-13-21)20-11-10-19(27-20)16(2)23/h6-11,16,22-23H,3-5,12-15H2,1-2H3. The summed E-state index contributed by atoms with van der Waals surface area (Å²) in [6, 6.07) is 10.6. The number of aliphatic hydroxyl groups excluding tert-OH is 1. The average Bonchev–Trinajstić information content (AvgIpc) is 3.35. The second-order valence-electron chi connectivity index (χ2n) is 7.51. The van der Waals surface area contributed by atoms with Gasteiger partial charge in [-0.05, 0) is 62.6 Å². The number of hydrogen-bond donors (Lipinski definition) is 2. The lowest BCUT2D eigenvalue weighted by molar-refractivity contribution is 0.203. The molecule has 1 aromatic carbocycles. The number of thiophene rings is 1. The predicted octanol–water partition coefficient (Wildman–Crippen LogP) is 4.38. The fourth-order valence-corrected chi connectivity index (χ4v) is 5.99. The molecule has 0 saturated heterocycles. The van der Waals surface area contributed by atoms with Gasteiger partial charge in [-0.1, -0.05) is 19.8 Å². The topological polar surface area (TPSA) is 75.6 Å². The number of sulfonamides is 1. The Morgan fingerprint density at radius 2 is 1.86 bits per heavy atom. The van der Waals surface area contributed by atoms with Crippen molar-refractivity contribution in [1.29, 1.82) is 0 Å². The fraction of sp³-hybridized carbons (Fsp3) is 0.524. The molecular formula is C21H29NO4S2. The van der Waals surface area contributed by atoms with E-state index in [0.717, 1.165) is 41.9 Å². The maximum absolute atomic E-state index is 12.8. The quantitative estimate of drug-likeness (QED) is 0.628. The van der Waals surface area contributed by atoms with Crippen LogP contribution in [0.1, 0.15) is 61.8 Å². The summed E-state index contributed by atoms with van der Waals surface area (Å²) in [4.78, 5) is 2.33. The van der Waals surface area contributed by atoms with Crippen molar-refractivity contribution < 1.29 is 18.3 Å². The van der Waals surface area contributed by atoms with Crippen molar-refractivity contribution in [3.63, 3.8) is 0 Å². The van der Waals surface area contributed by atoms with Crippen molar-refractivity contribution in [1.82, 2.24) is 4.72 Å². The number of nitrogens with one attached hydrogen (secondary N) is 1. The first-order valence-corrected chi connectivity index (χ1v) is 12.2.